The summed E-state index contributed by atoms with van der Waals surface area (Å²) in [5.74, 6) is 0.992. The molecule has 0 aliphatic carbocycles. The Hall–Kier alpha value is -2.56. The second kappa shape index (κ2) is 11.9. The first-order valence-electron chi connectivity index (χ1n) is 10.2. The molecule has 0 unspecified atom stereocenters. The van der Waals surface area contributed by atoms with Crippen molar-refractivity contribution in [2.45, 2.75) is 18.3 Å². The van der Waals surface area contributed by atoms with E-state index >= 15 is 0 Å². The highest BCUT2D eigenvalue weighted by Gasteiger charge is 2.16. The van der Waals surface area contributed by atoms with Crippen molar-refractivity contribution in [2.24, 2.45) is 0 Å². The van der Waals surface area contributed by atoms with Gasteiger partial charge in [-0.05, 0) is 30.3 Å². The van der Waals surface area contributed by atoms with Gasteiger partial charge in [0.15, 0.2) is 16.1 Å². The third-order valence-corrected chi connectivity index (χ3v) is 7.09. The lowest BCUT2D eigenvalue weighted by molar-refractivity contribution is -0.113. The van der Waals surface area contributed by atoms with Gasteiger partial charge in [0.1, 0.15) is 12.4 Å². The number of anilines is 1. The van der Waals surface area contributed by atoms with Gasteiger partial charge in [-0.2, -0.15) is 0 Å². The van der Waals surface area contributed by atoms with E-state index in [1.807, 2.05) is 22.1 Å². The fourth-order valence-corrected chi connectivity index (χ4v) is 5.04. The number of thiazole rings is 1. The molecule has 0 saturated heterocycles. The fourth-order valence-electron chi connectivity index (χ4n) is 2.95. The minimum atomic E-state index is -0.203. The molecule has 180 valence electrons. The topological polar surface area (TPSA) is 81.9 Å². The van der Waals surface area contributed by atoms with E-state index in [4.69, 9.17) is 39.5 Å². The van der Waals surface area contributed by atoms with Gasteiger partial charge in [0, 0.05) is 27.5 Å². The van der Waals surface area contributed by atoms with Gasteiger partial charge in [-0.25, -0.2) is 4.98 Å². The number of nitrogens with one attached hydrogen (secondary N) is 1. The first-order valence-corrected chi connectivity index (χ1v) is 13.2. The maximum Gasteiger partial charge on any atom is 0.236 e. The van der Waals surface area contributed by atoms with Crippen LogP contribution in [0.25, 0.3) is 11.3 Å². The van der Waals surface area contributed by atoms with Crippen molar-refractivity contribution in [3.8, 4) is 17.0 Å². The summed E-state index contributed by atoms with van der Waals surface area (Å²) < 4.78 is 7.61. The molecule has 2 aromatic carbocycles. The molecule has 0 saturated carbocycles. The van der Waals surface area contributed by atoms with Crippen LogP contribution in [0.3, 0.4) is 0 Å². The molecule has 0 aliphatic rings. The summed E-state index contributed by atoms with van der Waals surface area (Å²) >= 11 is 20.6. The lowest BCUT2D eigenvalue weighted by Gasteiger charge is -2.10. The number of benzene rings is 2. The predicted molar refractivity (Wildman–Crippen MR) is 143 cm³/mol. The zero-order chi connectivity index (χ0) is 24.8. The average molecular weight is 567 g/mol. The molecule has 12 heteroatoms. The Morgan fingerprint density at radius 1 is 1.14 bits per heavy atom. The van der Waals surface area contributed by atoms with Crippen LogP contribution in [0.1, 0.15) is 5.82 Å². The number of ether oxygens (including phenoxy) is 1. The van der Waals surface area contributed by atoms with Gasteiger partial charge in [-0.1, -0.05) is 64.8 Å². The maximum atomic E-state index is 12.5. The van der Waals surface area contributed by atoms with Crippen molar-refractivity contribution in [3.63, 3.8) is 0 Å². The smallest absolute Gasteiger partial charge is 0.236 e. The summed E-state index contributed by atoms with van der Waals surface area (Å²) in [6, 6.07) is 12.4. The van der Waals surface area contributed by atoms with E-state index in [9.17, 15) is 4.79 Å². The van der Waals surface area contributed by atoms with Crippen LogP contribution in [0.5, 0.6) is 5.75 Å². The normalized spacial score (nSPS) is 10.8. The second-order valence-electron chi connectivity index (χ2n) is 7.04. The number of hydrogen-bond acceptors (Lipinski definition) is 7. The quantitative estimate of drug-likeness (QED) is 0.167. The molecule has 4 rings (SSSR count). The lowest BCUT2D eigenvalue weighted by atomic mass is 10.2. The monoisotopic (exact) mass is 565 g/mol. The Labute approximate surface area is 225 Å². The molecular weight excluding hydrogens is 549 g/mol. The van der Waals surface area contributed by atoms with Crippen molar-refractivity contribution in [3.05, 3.63) is 81.4 Å². The highest BCUT2D eigenvalue weighted by molar-refractivity contribution is 7.99. The fraction of sp³-hybridized carbons (Fsp3) is 0.130. The molecule has 0 radical (unpaired) electrons. The van der Waals surface area contributed by atoms with Crippen molar-refractivity contribution < 1.29 is 9.53 Å². The Bertz CT molecular complexity index is 1340. The average Bonchev–Trinajstić information content (AvgIpc) is 3.45. The number of carbonyl (C=O) groups excluding carboxylic acids is 1. The number of thioether (sulfide) groups is 1. The van der Waals surface area contributed by atoms with E-state index in [1.54, 1.807) is 36.4 Å². The molecule has 0 atom stereocenters. The molecule has 2 aromatic heterocycles. The summed E-state index contributed by atoms with van der Waals surface area (Å²) in [5.41, 5.74) is 1.69. The number of rotatable bonds is 10. The van der Waals surface area contributed by atoms with E-state index in [0.717, 1.165) is 11.3 Å². The van der Waals surface area contributed by atoms with Crippen LogP contribution >= 0.6 is 57.9 Å². The van der Waals surface area contributed by atoms with Gasteiger partial charge in [-0.15, -0.1) is 28.1 Å². The van der Waals surface area contributed by atoms with Crippen LogP contribution in [-0.4, -0.2) is 31.4 Å². The predicted octanol–water partition coefficient (Wildman–Crippen LogP) is 6.86. The third kappa shape index (κ3) is 6.77. The largest absolute Gasteiger partial charge is 0.484 e. The molecule has 1 amide bonds. The van der Waals surface area contributed by atoms with Gasteiger partial charge in [0.05, 0.1) is 16.5 Å². The molecule has 1 N–H and O–H groups in total. The number of halogens is 3. The van der Waals surface area contributed by atoms with Gasteiger partial charge in [0.25, 0.3) is 0 Å². The molecule has 0 spiro atoms. The summed E-state index contributed by atoms with van der Waals surface area (Å²) in [6.07, 6.45) is 1.72. The van der Waals surface area contributed by atoms with E-state index in [1.165, 1.54) is 23.1 Å². The number of amides is 1. The lowest BCUT2D eigenvalue weighted by Crippen LogP contribution is -2.15. The Kier molecular flexibility index (Phi) is 8.69. The van der Waals surface area contributed by atoms with Crippen LogP contribution in [0.4, 0.5) is 5.13 Å². The molecule has 0 fully saturated rings. The first-order chi connectivity index (χ1) is 16.9. The van der Waals surface area contributed by atoms with Crippen LogP contribution in [0, 0.1) is 0 Å². The molecule has 35 heavy (non-hydrogen) atoms. The summed E-state index contributed by atoms with van der Waals surface area (Å²) in [4.78, 5) is 17.0. The van der Waals surface area contributed by atoms with Crippen LogP contribution < -0.4 is 10.1 Å². The summed E-state index contributed by atoms with van der Waals surface area (Å²) in [7, 11) is 0. The first kappa shape index (κ1) is 25.5. The van der Waals surface area contributed by atoms with Gasteiger partial charge >= 0.3 is 0 Å². The summed E-state index contributed by atoms with van der Waals surface area (Å²) in [5, 5.41) is 15.8. The van der Waals surface area contributed by atoms with E-state index < -0.39 is 0 Å². The Morgan fingerprint density at radius 2 is 1.91 bits per heavy atom. The third-order valence-electron chi connectivity index (χ3n) is 4.58. The molecule has 7 nitrogen and oxygen atoms in total. The van der Waals surface area contributed by atoms with Gasteiger partial charge in [-0.3, -0.25) is 9.36 Å². The van der Waals surface area contributed by atoms with Crippen LogP contribution in [0.15, 0.2) is 65.7 Å². The molecule has 0 aliphatic heterocycles. The minimum absolute atomic E-state index is 0.134. The number of aromatic nitrogens is 4. The molecular formula is C23H18Cl3N5O2S2. The summed E-state index contributed by atoms with van der Waals surface area (Å²) in [6.45, 7) is 4.39. The zero-order valence-electron chi connectivity index (χ0n) is 18.1. The number of carbonyl (C=O) groups is 1. The van der Waals surface area contributed by atoms with Gasteiger partial charge < -0.3 is 10.1 Å². The van der Waals surface area contributed by atoms with Crippen molar-refractivity contribution in [1.29, 1.82) is 0 Å². The standard InChI is InChI=1S/C23H18Cl3N5O2S2/c1-2-9-31-20(11-33-19-8-7-16(25)10-17(19)26)29-30-23(31)35-13-21(32)28-22-27-18(12-34-22)14-3-5-15(24)6-4-14/h2-8,10,12H,1,9,11,13H2,(H,27,28,32). The molecule has 4 aromatic rings. The van der Waals surface area contributed by atoms with E-state index in [2.05, 4.69) is 27.1 Å². The Morgan fingerprint density at radius 3 is 2.66 bits per heavy atom. The minimum Gasteiger partial charge on any atom is -0.484 e. The van der Waals surface area contributed by atoms with E-state index in [0.29, 0.717) is 43.5 Å². The second-order valence-corrected chi connectivity index (χ2v) is 10.1. The van der Waals surface area contributed by atoms with Gasteiger partial charge in [0.2, 0.25) is 5.91 Å². The number of allylic oxidation sites excluding steroid dienone is 1. The molecule has 0 bridgehead atoms. The van der Waals surface area contributed by atoms with Crippen molar-refractivity contribution >= 4 is 68.9 Å². The SMILES string of the molecule is C=CCn1c(COc2ccc(Cl)cc2Cl)nnc1SCC(=O)Nc1nc(-c2ccc(Cl)cc2)cs1. The van der Waals surface area contributed by atoms with Crippen LogP contribution in [0.2, 0.25) is 15.1 Å². The highest BCUT2D eigenvalue weighted by Crippen LogP contribution is 2.29. The Balaban J connectivity index is 1.35. The van der Waals surface area contributed by atoms with Crippen molar-refractivity contribution in [1.82, 2.24) is 19.7 Å². The van der Waals surface area contributed by atoms with Crippen molar-refractivity contribution in [2.75, 3.05) is 11.1 Å². The number of hydrogen-bond donors (Lipinski definition) is 1. The van der Waals surface area contributed by atoms with E-state index in [-0.39, 0.29) is 18.3 Å². The highest BCUT2D eigenvalue weighted by atomic mass is 35.5. The molecule has 2 heterocycles. The number of nitrogens with zero attached hydrogens (tertiary/aromatic N) is 4. The maximum absolute atomic E-state index is 12.5. The van der Waals surface area contributed by atoms with Crippen LogP contribution in [-0.2, 0) is 17.9 Å². The zero-order valence-corrected chi connectivity index (χ0v) is 22.0.